The normalized spacial score (nSPS) is 14.4. The molecule has 1 aliphatic carbocycles. The predicted octanol–water partition coefficient (Wildman–Crippen LogP) is 3.96. The first-order valence-electron chi connectivity index (χ1n) is 7.68. The molecule has 1 aliphatic rings. The summed E-state index contributed by atoms with van der Waals surface area (Å²) >= 11 is 1.54. The molecule has 1 heterocycles. The molecule has 0 spiro atoms. The molecule has 120 valence electrons. The molecule has 0 unspecified atom stereocenters. The first-order valence-corrected chi connectivity index (χ1v) is 8.49. The summed E-state index contributed by atoms with van der Waals surface area (Å²) in [5.41, 5.74) is 1.46. The maximum atomic E-state index is 12.2. The minimum atomic E-state index is -0.484. The van der Waals surface area contributed by atoms with Gasteiger partial charge in [0.2, 0.25) is 0 Å². The number of rotatable bonds is 3. The number of nitro benzene ring substituents is 1. The number of amides is 1. The smallest absolute Gasteiger partial charge is 0.269 e. The molecular formula is C16H17N3O3S. The molecule has 1 amide bonds. The van der Waals surface area contributed by atoms with Gasteiger partial charge >= 0.3 is 0 Å². The van der Waals surface area contributed by atoms with Crippen molar-refractivity contribution in [2.45, 2.75) is 38.5 Å². The van der Waals surface area contributed by atoms with Crippen molar-refractivity contribution in [3.05, 3.63) is 50.5 Å². The topological polar surface area (TPSA) is 85.1 Å². The van der Waals surface area contributed by atoms with Crippen LogP contribution in [0, 0.1) is 10.1 Å². The number of hydrogen-bond donors (Lipinski definition) is 1. The Morgan fingerprint density at radius 2 is 1.83 bits per heavy atom. The quantitative estimate of drug-likeness (QED) is 0.681. The zero-order chi connectivity index (χ0) is 16.2. The SMILES string of the molecule is O=C(Nc1nc2c(s1)CCCCCC2)c1ccc([N+](=O)[O-])cc1. The maximum absolute atomic E-state index is 12.2. The number of nitrogens with zero attached hydrogens (tertiary/aromatic N) is 2. The van der Waals surface area contributed by atoms with Crippen molar-refractivity contribution in [1.82, 2.24) is 4.98 Å². The van der Waals surface area contributed by atoms with Gasteiger partial charge in [-0.05, 0) is 37.8 Å². The minimum Gasteiger partial charge on any atom is -0.298 e. The third-order valence-corrected chi connectivity index (χ3v) is 4.98. The van der Waals surface area contributed by atoms with Gasteiger partial charge in [-0.15, -0.1) is 11.3 Å². The molecule has 7 heteroatoms. The summed E-state index contributed by atoms with van der Waals surface area (Å²) in [6.45, 7) is 0. The lowest BCUT2D eigenvalue weighted by Gasteiger charge is -2.06. The van der Waals surface area contributed by atoms with E-state index in [-0.39, 0.29) is 11.6 Å². The van der Waals surface area contributed by atoms with Gasteiger partial charge in [0.05, 0.1) is 10.6 Å². The number of nitrogens with one attached hydrogen (secondary N) is 1. The third kappa shape index (κ3) is 3.73. The van der Waals surface area contributed by atoms with Crippen molar-refractivity contribution in [3.63, 3.8) is 0 Å². The molecule has 0 saturated heterocycles. The summed E-state index contributed by atoms with van der Waals surface area (Å²) in [5, 5.41) is 14.1. The van der Waals surface area contributed by atoms with E-state index in [0.29, 0.717) is 10.7 Å². The molecule has 2 aromatic rings. The Morgan fingerprint density at radius 1 is 1.13 bits per heavy atom. The number of hydrogen-bond acceptors (Lipinski definition) is 5. The van der Waals surface area contributed by atoms with Gasteiger partial charge in [-0.1, -0.05) is 12.8 Å². The summed E-state index contributed by atoms with van der Waals surface area (Å²) in [7, 11) is 0. The number of nitro groups is 1. The highest BCUT2D eigenvalue weighted by Crippen LogP contribution is 2.28. The molecule has 0 bridgehead atoms. The van der Waals surface area contributed by atoms with Crippen LogP contribution >= 0.6 is 11.3 Å². The van der Waals surface area contributed by atoms with Gasteiger partial charge in [-0.3, -0.25) is 20.2 Å². The molecule has 0 saturated carbocycles. The van der Waals surface area contributed by atoms with Crippen LogP contribution in [0.4, 0.5) is 10.8 Å². The van der Waals surface area contributed by atoms with E-state index in [9.17, 15) is 14.9 Å². The lowest BCUT2D eigenvalue weighted by Crippen LogP contribution is -2.11. The molecule has 1 aromatic carbocycles. The molecule has 0 radical (unpaired) electrons. The standard InChI is InChI=1S/C16H17N3O3S/c20-15(11-7-9-12(10-8-11)19(21)22)18-16-17-13-5-3-1-2-4-6-14(13)23-16/h7-10H,1-6H2,(H,17,18,20). The van der Waals surface area contributed by atoms with Crippen LogP contribution in [-0.4, -0.2) is 15.8 Å². The summed E-state index contributed by atoms with van der Waals surface area (Å²) in [5.74, 6) is -0.290. The van der Waals surface area contributed by atoms with E-state index in [1.807, 2.05) is 0 Å². The van der Waals surface area contributed by atoms with Crippen LogP contribution in [0.3, 0.4) is 0 Å². The van der Waals surface area contributed by atoms with Crippen LogP contribution in [0.5, 0.6) is 0 Å². The van der Waals surface area contributed by atoms with Gasteiger partial charge in [-0.25, -0.2) is 4.98 Å². The van der Waals surface area contributed by atoms with Crippen molar-refractivity contribution >= 4 is 28.1 Å². The third-order valence-electron chi connectivity index (χ3n) is 3.91. The fourth-order valence-corrected chi connectivity index (χ4v) is 3.71. The van der Waals surface area contributed by atoms with Gasteiger partial charge in [-0.2, -0.15) is 0 Å². The number of aromatic nitrogens is 1. The van der Waals surface area contributed by atoms with Crippen molar-refractivity contribution < 1.29 is 9.72 Å². The second-order valence-corrected chi connectivity index (χ2v) is 6.64. The monoisotopic (exact) mass is 331 g/mol. The molecule has 0 aliphatic heterocycles. The Bertz CT molecular complexity index is 699. The summed E-state index contributed by atoms with van der Waals surface area (Å²) in [4.78, 5) is 28.2. The van der Waals surface area contributed by atoms with Crippen molar-refractivity contribution in [3.8, 4) is 0 Å². The average molecular weight is 331 g/mol. The van der Waals surface area contributed by atoms with Gasteiger partial charge in [0.15, 0.2) is 5.13 Å². The van der Waals surface area contributed by atoms with E-state index in [1.165, 1.54) is 59.7 Å². The van der Waals surface area contributed by atoms with Crippen molar-refractivity contribution in [2.24, 2.45) is 0 Å². The lowest BCUT2D eigenvalue weighted by molar-refractivity contribution is -0.384. The zero-order valence-electron chi connectivity index (χ0n) is 12.6. The largest absolute Gasteiger partial charge is 0.298 e. The Hall–Kier alpha value is -2.28. The maximum Gasteiger partial charge on any atom is 0.269 e. The molecule has 6 nitrogen and oxygen atoms in total. The number of anilines is 1. The van der Waals surface area contributed by atoms with Crippen LogP contribution in [-0.2, 0) is 12.8 Å². The van der Waals surface area contributed by atoms with Crippen LogP contribution in [0.25, 0.3) is 0 Å². The second-order valence-electron chi connectivity index (χ2n) is 5.56. The second kappa shape index (κ2) is 6.87. The van der Waals surface area contributed by atoms with Gasteiger partial charge in [0.25, 0.3) is 11.6 Å². The number of non-ortho nitro benzene ring substituents is 1. The molecule has 3 rings (SSSR count). The average Bonchev–Trinajstić information content (AvgIpc) is 2.88. The van der Waals surface area contributed by atoms with E-state index >= 15 is 0 Å². The van der Waals surface area contributed by atoms with E-state index < -0.39 is 4.92 Å². The molecule has 1 aromatic heterocycles. The molecule has 0 atom stereocenters. The predicted molar refractivity (Wildman–Crippen MR) is 89.0 cm³/mol. The Kier molecular flexibility index (Phi) is 4.66. The fourth-order valence-electron chi connectivity index (χ4n) is 2.66. The molecule has 1 N–H and O–H groups in total. The summed E-state index contributed by atoms with van der Waals surface area (Å²) < 4.78 is 0. The number of carbonyl (C=O) groups excluding carboxylic acids is 1. The number of aryl methyl sites for hydroxylation is 2. The van der Waals surface area contributed by atoms with Crippen LogP contribution in [0.2, 0.25) is 0 Å². The van der Waals surface area contributed by atoms with Crippen LogP contribution < -0.4 is 5.32 Å². The van der Waals surface area contributed by atoms with E-state index in [4.69, 9.17) is 0 Å². The van der Waals surface area contributed by atoms with E-state index in [0.717, 1.165) is 25.0 Å². The summed E-state index contributed by atoms with van der Waals surface area (Å²) in [6.07, 6.45) is 6.81. The molecule has 23 heavy (non-hydrogen) atoms. The Balaban J connectivity index is 1.72. The van der Waals surface area contributed by atoms with Gasteiger partial charge < -0.3 is 0 Å². The highest BCUT2D eigenvalue weighted by atomic mass is 32.1. The fraction of sp³-hybridized carbons (Fsp3) is 0.375. The lowest BCUT2D eigenvalue weighted by atomic mass is 10.0. The highest BCUT2D eigenvalue weighted by molar-refractivity contribution is 7.15. The molecule has 0 fully saturated rings. The minimum absolute atomic E-state index is 0.0289. The first kappa shape index (κ1) is 15.6. The first-order chi connectivity index (χ1) is 11.1. The highest BCUT2D eigenvalue weighted by Gasteiger charge is 2.16. The van der Waals surface area contributed by atoms with Crippen molar-refractivity contribution in [2.75, 3.05) is 5.32 Å². The number of fused-ring (bicyclic) bond motifs is 1. The van der Waals surface area contributed by atoms with Gasteiger partial charge in [0, 0.05) is 22.6 Å². The Morgan fingerprint density at radius 3 is 2.52 bits per heavy atom. The summed E-state index contributed by atoms with van der Waals surface area (Å²) in [6, 6.07) is 5.57. The van der Waals surface area contributed by atoms with E-state index in [1.54, 1.807) is 0 Å². The number of benzene rings is 1. The van der Waals surface area contributed by atoms with Gasteiger partial charge in [0.1, 0.15) is 0 Å². The van der Waals surface area contributed by atoms with Crippen LogP contribution in [0.1, 0.15) is 46.6 Å². The van der Waals surface area contributed by atoms with E-state index in [2.05, 4.69) is 10.3 Å². The number of thiazole rings is 1. The van der Waals surface area contributed by atoms with Crippen LogP contribution in [0.15, 0.2) is 24.3 Å². The van der Waals surface area contributed by atoms with Crippen molar-refractivity contribution in [1.29, 1.82) is 0 Å². The Labute approximate surface area is 137 Å². The molecular weight excluding hydrogens is 314 g/mol. The number of carbonyl (C=O) groups is 1. The zero-order valence-corrected chi connectivity index (χ0v) is 13.4.